The van der Waals surface area contributed by atoms with Crippen LogP contribution in [-0.4, -0.2) is 5.21 Å². The number of nitrogens with zero attached hydrogens (tertiary/aromatic N) is 2. The first-order valence-electron chi connectivity index (χ1n) is 3.01. The standard InChI is InChI=1S/C6H7N3O2/c1-9-4-2-3-5(7-10)6(9)8-11/h2-4H,1H3,(H-,7,8,10,11)/p+1. The zero-order valence-corrected chi connectivity index (χ0v) is 5.98. The smallest absolute Gasteiger partial charge is 0.291 e. The second-order valence-electron chi connectivity index (χ2n) is 2.06. The molecule has 5 nitrogen and oxygen atoms in total. The summed E-state index contributed by atoms with van der Waals surface area (Å²) < 4.78 is 1.51. The van der Waals surface area contributed by atoms with E-state index < -0.39 is 0 Å². The van der Waals surface area contributed by atoms with Crippen LogP contribution in [0.15, 0.2) is 23.5 Å². The van der Waals surface area contributed by atoms with Crippen molar-refractivity contribution in [2.24, 2.45) is 12.2 Å². The predicted molar refractivity (Wildman–Crippen MR) is 38.5 cm³/mol. The average molecular weight is 154 g/mol. The van der Waals surface area contributed by atoms with Crippen molar-refractivity contribution in [1.29, 1.82) is 0 Å². The number of nitroso groups, excluding NO2 is 1. The summed E-state index contributed by atoms with van der Waals surface area (Å²) in [5.74, 6) is 0.162. The van der Waals surface area contributed by atoms with Gasteiger partial charge in [-0.15, -0.1) is 0 Å². The molecule has 0 fully saturated rings. The summed E-state index contributed by atoms with van der Waals surface area (Å²) in [6.07, 6.45) is 1.66. The van der Waals surface area contributed by atoms with Gasteiger partial charge in [0.25, 0.3) is 0 Å². The van der Waals surface area contributed by atoms with Crippen molar-refractivity contribution in [1.82, 2.24) is 0 Å². The second-order valence-corrected chi connectivity index (χ2v) is 2.06. The lowest BCUT2D eigenvalue weighted by Crippen LogP contribution is -2.27. The van der Waals surface area contributed by atoms with E-state index in [1.54, 1.807) is 25.4 Å². The van der Waals surface area contributed by atoms with Gasteiger partial charge in [-0.1, -0.05) is 0 Å². The molecule has 0 saturated carbocycles. The van der Waals surface area contributed by atoms with Gasteiger partial charge in [0, 0.05) is 0 Å². The van der Waals surface area contributed by atoms with Gasteiger partial charge in [-0.25, -0.2) is 4.57 Å². The summed E-state index contributed by atoms with van der Waals surface area (Å²) in [7, 11) is 1.66. The molecule has 0 radical (unpaired) electrons. The molecular formula is C6H8N3O2+. The lowest BCUT2D eigenvalue weighted by atomic mass is 10.4. The monoisotopic (exact) mass is 154 g/mol. The Kier molecular flexibility index (Phi) is 2.12. The minimum Gasteiger partial charge on any atom is -0.291 e. The van der Waals surface area contributed by atoms with Crippen LogP contribution in [0.2, 0.25) is 0 Å². The van der Waals surface area contributed by atoms with Gasteiger partial charge in [0.05, 0.1) is 13.2 Å². The highest BCUT2D eigenvalue weighted by Crippen LogP contribution is 2.17. The maximum Gasteiger partial charge on any atom is 0.400 e. The average Bonchev–Trinajstić information content (AvgIpc) is 2.04. The highest BCUT2D eigenvalue weighted by molar-refractivity contribution is 5.55. The third-order valence-electron chi connectivity index (χ3n) is 1.35. The topological polar surface area (TPSA) is 65.6 Å². The highest BCUT2D eigenvalue weighted by atomic mass is 16.5. The maximum atomic E-state index is 10.2. The van der Waals surface area contributed by atoms with Crippen molar-refractivity contribution < 1.29 is 9.77 Å². The van der Waals surface area contributed by atoms with Gasteiger partial charge in [0.2, 0.25) is 5.18 Å². The van der Waals surface area contributed by atoms with Crippen LogP contribution in [0, 0.1) is 4.91 Å². The van der Waals surface area contributed by atoms with Gasteiger partial charge < -0.3 is 0 Å². The molecule has 5 heteroatoms. The van der Waals surface area contributed by atoms with Gasteiger partial charge >= 0.3 is 5.82 Å². The Morgan fingerprint density at radius 1 is 1.73 bits per heavy atom. The van der Waals surface area contributed by atoms with E-state index in [4.69, 9.17) is 5.21 Å². The first kappa shape index (κ1) is 7.62. The summed E-state index contributed by atoms with van der Waals surface area (Å²) in [4.78, 5) is 10.2. The number of anilines is 1. The van der Waals surface area contributed by atoms with Crippen LogP contribution in [0.1, 0.15) is 0 Å². The number of aryl methyl sites for hydroxylation is 1. The Bertz CT molecular complexity index is 275. The molecule has 2 N–H and O–H groups in total. The Morgan fingerprint density at radius 3 is 2.91 bits per heavy atom. The molecule has 1 aromatic rings. The molecule has 0 aliphatic heterocycles. The lowest BCUT2D eigenvalue weighted by molar-refractivity contribution is -0.657. The van der Waals surface area contributed by atoms with Crippen LogP contribution in [0.3, 0.4) is 0 Å². The summed E-state index contributed by atoms with van der Waals surface area (Å²) in [6.45, 7) is 0. The Labute approximate surface area is 63.2 Å². The van der Waals surface area contributed by atoms with Crippen LogP contribution in [0.25, 0.3) is 0 Å². The number of rotatable bonds is 2. The predicted octanol–water partition coefficient (Wildman–Crippen LogP) is 0.710. The van der Waals surface area contributed by atoms with Crippen molar-refractivity contribution in [3.8, 4) is 0 Å². The number of nitrogens with one attached hydrogen (secondary N) is 1. The van der Waals surface area contributed by atoms with E-state index in [2.05, 4.69) is 5.18 Å². The summed E-state index contributed by atoms with van der Waals surface area (Å²) >= 11 is 0. The fourth-order valence-corrected chi connectivity index (χ4v) is 0.804. The zero-order chi connectivity index (χ0) is 8.27. The van der Waals surface area contributed by atoms with E-state index in [1.165, 1.54) is 4.57 Å². The number of aromatic nitrogens is 1. The molecule has 1 aromatic heterocycles. The van der Waals surface area contributed by atoms with Crippen molar-refractivity contribution in [3.05, 3.63) is 23.2 Å². The molecule has 11 heavy (non-hydrogen) atoms. The molecule has 0 aromatic carbocycles. The molecule has 0 spiro atoms. The molecule has 0 atom stereocenters. The van der Waals surface area contributed by atoms with Gasteiger partial charge in [-0.2, -0.15) is 0 Å². The van der Waals surface area contributed by atoms with Gasteiger partial charge in [-0.05, 0) is 17.0 Å². The SMILES string of the molecule is C[n+]1cccc(NO)c1N=O. The van der Waals surface area contributed by atoms with Gasteiger partial charge in [-0.3, -0.25) is 10.7 Å². The van der Waals surface area contributed by atoms with Crippen molar-refractivity contribution in [2.45, 2.75) is 0 Å². The van der Waals surface area contributed by atoms with Crippen LogP contribution in [-0.2, 0) is 7.05 Å². The lowest BCUT2D eigenvalue weighted by Gasteiger charge is -1.96. The highest BCUT2D eigenvalue weighted by Gasteiger charge is 2.13. The molecule has 0 unspecified atom stereocenters. The first-order chi connectivity index (χ1) is 5.29. The molecule has 0 aliphatic rings. The number of hydrogen-bond acceptors (Lipinski definition) is 4. The Hall–Kier alpha value is -1.49. The third-order valence-corrected chi connectivity index (χ3v) is 1.35. The number of pyridine rings is 1. The number of hydrogen-bond donors (Lipinski definition) is 2. The molecule has 0 bridgehead atoms. The fourth-order valence-electron chi connectivity index (χ4n) is 0.804. The normalized spacial score (nSPS) is 9.27. The van der Waals surface area contributed by atoms with E-state index >= 15 is 0 Å². The summed E-state index contributed by atoms with van der Waals surface area (Å²) in [5, 5.41) is 11.2. The minimum atomic E-state index is 0.162. The maximum absolute atomic E-state index is 10.2. The molecule has 58 valence electrons. The van der Waals surface area contributed by atoms with E-state index in [0.717, 1.165) is 0 Å². The van der Waals surface area contributed by atoms with E-state index in [-0.39, 0.29) is 5.82 Å². The van der Waals surface area contributed by atoms with E-state index in [0.29, 0.717) is 5.69 Å². The minimum absolute atomic E-state index is 0.162. The molecule has 0 saturated heterocycles. The van der Waals surface area contributed by atoms with E-state index in [9.17, 15) is 4.91 Å². The van der Waals surface area contributed by atoms with Crippen LogP contribution >= 0.6 is 0 Å². The van der Waals surface area contributed by atoms with Crippen LogP contribution < -0.4 is 10.0 Å². The van der Waals surface area contributed by atoms with Crippen LogP contribution in [0.5, 0.6) is 0 Å². The summed E-state index contributed by atoms with van der Waals surface area (Å²) in [6, 6.07) is 3.24. The Balaban J connectivity index is 3.24. The third kappa shape index (κ3) is 1.32. The largest absolute Gasteiger partial charge is 0.400 e. The van der Waals surface area contributed by atoms with Crippen molar-refractivity contribution >= 4 is 11.5 Å². The van der Waals surface area contributed by atoms with Gasteiger partial charge in [0.15, 0.2) is 5.69 Å². The molecular weight excluding hydrogens is 146 g/mol. The quantitative estimate of drug-likeness (QED) is 0.374. The molecule has 0 amide bonds. The fraction of sp³-hybridized carbons (Fsp3) is 0.167. The molecule has 1 heterocycles. The Morgan fingerprint density at radius 2 is 2.45 bits per heavy atom. The molecule has 1 rings (SSSR count). The van der Waals surface area contributed by atoms with E-state index in [1.807, 2.05) is 5.48 Å². The van der Waals surface area contributed by atoms with Crippen molar-refractivity contribution in [3.63, 3.8) is 0 Å². The summed E-state index contributed by atoms with van der Waals surface area (Å²) in [5.41, 5.74) is 2.17. The molecule has 0 aliphatic carbocycles. The van der Waals surface area contributed by atoms with Crippen molar-refractivity contribution in [2.75, 3.05) is 5.48 Å². The van der Waals surface area contributed by atoms with Crippen LogP contribution in [0.4, 0.5) is 11.5 Å². The zero-order valence-electron chi connectivity index (χ0n) is 5.98. The second kappa shape index (κ2) is 3.07. The van der Waals surface area contributed by atoms with Gasteiger partial charge in [0.1, 0.15) is 0 Å². The first-order valence-corrected chi connectivity index (χ1v) is 3.01.